The van der Waals surface area contributed by atoms with E-state index in [1.807, 2.05) is 0 Å². The monoisotopic (exact) mass is 228 g/mol. The van der Waals surface area contributed by atoms with Gasteiger partial charge in [-0.25, -0.2) is 4.79 Å². The van der Waals surface area contributed by atoms with Gasteiger partial charge in [-0.15, -0.1) is 0 Å². The lowest BCUT2D eigenvalue weighted by Gasteiger charge is -2.25. The van der Waals surface area contributed by atoms with E-state index in [-0.39, 0.29) is 11.9 Å². The summed E-state index contributed by atoms with van der Waals surface area (Å²) in [5, 5.41) is 21.5. The molecule has 16 heavy (non-hydrogen) atoms. The molecule has 0 spiro atoms. The number of hydrogen-bond acceptors (Lipinski definition) is 4. The van der Waals surface area contributed by atoms with Gasteiger partial charge in [0, 0.05) is 6.54 Å². The predicted molar refractivity (Wildman–Crippen MR) is 54.8 cm³/mol. The molecule has 0 aromatic rings. The number of likely N-dealkylation sites (tertiary alicyclic amines) is 1. The molecule has 2 aliphatic rings. The topological polar surface area (TPSA) is 89.9 Å². The molecule has 0 aromatic carbocycles. The van der Waals surface area contributed by atoms with E-state index in [4.69, 9.17) is 5.11 Å². The van der Waals surface area contributed by atoms with Gasteiger partial charge < -0.3 is 20.4 Å². The molecule has 0 aromatic heterocycles. The van der Waals surface area contributed by atoms with Gasteiger partial charge in [0.15, 0.2) is 6.04 Å². The zero-order chi connectivity index (χ0) is 11.7. The maximum Gasteiger partial charge on any atom is 0.329 e. The summed E-state index contributed by atoms with van der Waals surface area (Å²) in [4.78, 5) is 24.3. The van der Waals surface area contributed by atoms with Crippen LogP contribution in [0.4, 0.5) is 0 Å². The molecule has 2 fully saturated rings. The van der Waals surface area contributed by atoms with Crippen LogP contribution in [-0.4, -0.2) is 58.3 Å². The smallest absolute Gasteiger partial charge is 0.329 e. The molecule has 2 aliphatic heterocycles. The number of nitrogens with zero attached hydrogens (tertiary/aromatic N) is 1. The summed E-state index contributed by atoms with van der Waals surface area (Å²) in [6.07, 6.45) is 1.08. The summed E-state index contributed by atoms with van der Waals surface area (Å²) in [7, 11) is 0. The number of carboxylic acid groups (broad SMARTS) is 1. The molecule has 3 N–H and O–H groups in total. The summed E-state index contributed by atoms with van der Waals surface area (Å²) in [5.41, 5.74) is 0. The van der Waals surface area contributed by atoms with Crippen molar-refractivity contribution in [3.8, 4) is 0 Å². The van der Waals surface area contributed by atoms with Crippen LogP contribution in [0.3, 0.4) is 0 Å². The van der Waals surface area contributed by atoms with Crippen LogP contribution < -0.4 is 5.32 Å². The quantitative estimate of drug-likeness (QED) is 0.551. The zero-order valence-electron chi connectivity index (χ0n) is 8.93. The lowest BCUT2D eigenvalue weighted by atomic mass is 10.1. The van der Waals surface area contributed by atoms with Crippen molar-refractivity contribution in [3.63, 3.8) is 0 Å². The van der Waals surface area contributed by atoms with E-state index in [9.17, 15) is 14.7 Å². The number of carbonyl (C=O) groups excluding carboxylic acids is 1. The average molecular weight is 228 g/mol. The number of amides is 1. The van der Waals surface area contributed by atoms with E-state index in [0.717, 1.165) is 19.4 Å². The molecule has 0 radical (unpaired) electrons. The second-order valence-corrected chi connectivity index (χ2v) is 4.32. The van der Waals surface area contributed by atoms with Crippen molar-refractivity contribution in [3.05, 3.63) is 0 Å². The Balaban J connectivity index is 2.07. The van der Waals surface area contributed by atoms with Crippen LogP contribution in [0.1, 0.15) is 19.3 Å². The first-order chi connectivity index (χ1) is 7.61. The summed E-state index contributed by atoms with van der Waals surface area (Å²) in [5.74, 6) is -1.32. The van der Waals surface area contributed by atoms with Gasteiger partial charge in [0.2, 0.25) is 5.91 Å². The molecule has 0 bridgehead atoms. The van der Waals surface area contributed by atoms with E-state index >= 15 is 0 Å². The van der Waals surface area contributed by atoms with E-state index < -0.39 is 18.1 Å². The fourth-order valence-corrected chi connectivity index (χ4v) is 2.42. The van der Waals surface area contributed by atoms with Crippen molar-refractivity contribution in [2.75, 3.05) is 13.1 Å². The highest BCUT2D eigenvalue weighted by molar-refractivity contribution is 5.88. The number of aliphatic hydroxyl groups is 1. The highest BCUT2D eigenvalue weighted by Gasteiger charge is 2.43. The predicted octanol–water partition coefficient (Wildman–Crippen LogP) is -1.22. The molecular formula is C10H16N2O4. The second-order valence-electron chi connectivity index (χ2n) is 4.32. The van der Waals surface area contributed by atoms with Crippen molar-refractivity contribution in [1.29, 1.82) is 0 Å². The Morgan fingerprint density at radius 1 is 1.31 bits per heavy atom. The van der Waals surface area contributed by atoms with E-state index in [1.54, 1.807) is 0 Å². The van der Waals surface area contributed by atoms with Gasteiger partial charge in [-0.2, -0.15) is 0 Å². The molecule has 2 rings (SSSR count). The number of carboxylic acids is 1. The molecule has 6 heteroatoms. The van der Waals surface area contributed by atoms with Crippen molar-refractivity contribution in [2.24, 2.45) is 0 Å². The molecule has 6 nitrogen and oxygen atoms in total. The first kappa shape index (κ1) is 11.3. The van der Waals surface area contributed by atoms with Crippen LogP contribution in [-0.2, 0) is 9.59 Å². The Bertz CT molecular complexity index is 301. The number of carbonyl (C=O) groups is 2. The number of aliphatic hydroxyl groups excluding tert-OH is 1. The Hall–Kier alpha value is -1.14. The van der Waals surface area contributed by atoms with Crippen LogP contribution in [0.5, 0.6) is 0 Å². The molecule has 2 heterocycles. The van der Waals surface area contributed by atoms with Crippen molar-refractivity contribution >= 4 is 11.9 Å². The standard InChI is InChI=1S/C10H16N2O4/c13-7-3-5-12(8(7)10(15)16)9(14)6-2-1-4-11-6/h6-8,11,13H,1-5H2,(H,15,16)/t6-,7+,8-/m0/s1. The van der Waals surface area contributed by atoms with E-state index in [0.29, 0.717) is 13.0 Å². The Kier molecular flexibility index (Phi) is 3.11. The average Bonchev–Trinajstić information content (AvgIpc) is 2.84. The van der Waals surface area contributed by atoms with Crippen molar-refractivity contribution in [1.82, 2.24) is 10.2 Å². The lowest BCUT2D eigenvalue weighted by molar-refractivity contribution is -0.151. The van der Waals surface area contributed by atoms with Gasteiger partial charge in [0.25, 0.3) is 0 Å². The number of hydrogen-bond donors (Lipinski definition) is 3. The third-order valence-electron chi connectivity index (χ3n) is 3.26. The Labute approximate surface area is 93.2 Å². The highest BCUT2D eigenvalue weighted by Crippen LogP contribution is 2.21. The highest BCUT2D eigenvalue weighted by atomic mass is 16.4. The van der Waals surface area contributed by atoms with E-state index in [2.05, 4.69) is 5.32 Å². The minimum absolute atomic E-state index is 0.193. The molecule has 1 amide bonds. The summed E-state index contributed by atoms with van der Waals surface area (Å²) >= 11 is 0. The van der Waals surface area contributed by atoms with Gasteiger partial charge in [0.05, 0.1) is 12.1 Å². The fourth-order valence-electron chi connectivity index (χ4n) is 2.42. The lowest BCUT2D eigenvalue weighted by Crippen LogP contribution is -2.50. The molecule has 2 saturated heterocycles. The Morgan fingerprint density at radius 3 is 2.62 bits per heavy atom. The molecule has 0 unspecified atom stereocenters. The van der Waals surface area contributed by atoms with Crippen LogP contribution in [0.2, 0.25) is 0 Å². The van der Waals surface area contributed by atoms with Gasteiger partial charge in [-0.3, -0.25) is 4.79 Å². The minimum atomic E-state index is -1.13. The summed E-state index contributed by atoms with van der Waals surface area (Å²) in [6, 6.07) is -1.35. The third kappa shape index (κ3) is 1.90. The first-order valence-electron chi connectivity index (χ1n) is 5.56. The molecule has 0 saturated carbocycles. The van der Waals surface area contributed by atoms with Crippen molar-refractivity contribution < 1.29 is 19.8 Å². The number of rotatable bonds is 2. The van der Waals surface area contributed by atoms with Crippen LogP contribution in [0.15, 0.2) is 0 Å². The maximum atomic E-state index is 12.0. The van der Waals surface area contributed by atoms with Crippen LogP contribution in [0.25, 0.3) is 0 Å². The van der Waals surface area contributed by atoms with Gasteiger partial charge in [-0.1, -0.05) is 0 Å². The SMILES string of the molecule is O=C(O)[C@@H]1[C@H](O)CCN1C(=O)[C@@H]1CCCN1. The van der Waals surface area contributed by atoms with Crippen molar-refractivity contribution in [2.45, 2.75) is 37.5 Å². The minimum Gasteiger partial charge on any atom is -0.480 e. The third-order valence-corrected chi connectivity index (χ3v) is 3.26. The van der Waals surface area contributed by atoms with Gasteiger partial charge in [0.1, 0.15) is 0 Å². The molecule has 90 valence electrons. The summed E-state index contributed by atoms with van der Waals surface area (Å²) in [6.45, 7) is 1.12. The maximum absolute atomic E-state index is 12.0. The first-order valence-corrected chi connectivity index (χ1v) is 5.56. The number of aliphatic carboxylic acids is 1. The largest absolute Gasteiger partial charge is 0.480 e. The summed E-state index contributed by atoms with van der Waals surface area (Å²) < 4.78 is 0. The molecule has 3 atom stereocenters. The van der Waals surface area contributed by atoms with Gasteiger partial charge >= 0.3 is 5.97 Å². The second kappa shape index (κ2) is 4.39. The molecule has 0 aliphatic carbocycles. The normalized spacial score (nSPS) is 34.3. The van der Waals surface area contributed by atoms with E-state index in [1.165, 1.54) is 4.90 Å². The van der Waals surface area contributed by atoms with Gasteiger partial charge in [-0.05, 0) is 25.8 Å². The van der Waals surface area contributed by atoms with Crippen LogP contribution >= 0.6 is 0 Å². The number of nitrogens with one attached hydrogen (secondary N) is 1. The molecular weight excluding hydrogens is 212 g/mol. The fraction of sp³-hybridized carbons (Fsp3) is 0.800. The Morgan fingerprint density at radius 2 is 2.06 bits per heavy atom. The zero-order valence-corrected chi connectivity index (χ0v) is 8.93. The van der Waals surface area contributed by atoms with Crippen LogP contribution in [0, 0.1) is 0 Å².